The number of methoxy groups -OCH3 is 1. The molecule has 0 saturated carbocycles. The highest BCUT2D eigenvalue weighted by Crippen LogP contribution is 2.32. The van der Waals surface area contributed by atoms with Gasteiger partial charge in [0.1, 0.15) is 11.9 Å². The molecule has 0 bridgehead atoms. The maximum atomic E-state index is 5.94. The van der Waals surface area contributed by atoms with Crippen LogP contribution in [0.3, 0.4) is 0 Å². The lowest BCUT2D eigenvalue weighted by Gasteiger charge is -2.16. The second kappa shape index (κ2) is 7.51. The summed E-state index contributed by atoms with van der Waals surface area (Å²) in [7, 11) is 0.559. The van der Waals surface area contributed by atoms with Gasteiger partial charge in [0.05, 0.1) is 7.11 Å². The predicted molar refractivity (Wildman–Crippen MR) is 98.1 cm³/mol. The van der Waals surface area contributed by atoms with Crippen molar-refractivity contribution in [3.8, 4) is 17.0 Å². The molecule has 0 fully saturated rings. The first-order valence-corrected chi connectivity index (χ1v) is 11.8. The highest BCUT2D eigenvalue weighted by atomic mass is 35.5. The van der Waals surface area contributed by atoms with Crippen LogP contribution in [-0.2, 0) is 11.5 Å². The number of rotatable bonds is 7. The molecule has 0 N–H and O–H groups in total. The smallest absolute Gasteiger partial charge is 0.222 e. The zero-order chi connectivity index (χ0) is 17.0. The van der Waals surface area contributed by atoms with Gasteiger partial charge in [-0.3, -0.25) is 0 Å². The van der Waals surface area contributed by atoms with Crippen molar-refractivity contribution in [1.82, 2.24) is 9.55 Å². The maximum Gasteiger partial charge on any atom is 0.222 e. The van der Waals surface area contributed by atoms with Crippen LogP contribution in [0.5, 0.6) is 5.88 Å². The minimum Gasteiger partial charge on any atom is -0.481 e. The first-order chi connectivity index (χ1) is 10.8. The van der Waals surface area contributed by atoms with Crippen molar-refractivity contribution in [3.63, 3.8) is 0 Å². The van der Waals surface area contributed by atoms with Gasteiger partial charge in [0.2, 0.25) is 5.88 Å². The molecule has 6 heteroatoms. The molecular weight excluding hydrogens is 328 g/mol. The van der Waals surface area contributed by atoms with Gasteiger partial charge < -0.3 is 14.0 Å². The Labute approximate surface area is 144 Å². The fourth-order valence-corrected chi connectivity index (χ4v) is 3.19. The van der Waals surface area contributed by atoms with Crippen LogP contribution in [0.2, 0.25) is 30.8 Å². The number of aromatic nitrogens is 2. The van der Waals surface area contributed by atoms with Gasteiger partial charge in [-0.05, 0) is 31.2 Å². The Morgan fingerprint density at radius 2 is 1.91 bits per heavy atom. The van der Waals surface area contributed by atoms with E-state index in [1.165, 1.54) is 6.04 Å². The van der Waals surface area contributed by atoms with E-state index in [4.69, 9.17) is 21.1 Å². The first kappa shape index (κ1) is 18.0. The minimum atomic E-state index is -1.05. The van der Waals surface area contributed by atoms with Crippen molar-refractivity contribution >= 4 is 19.7 Å². The van der Waals surface area contributed by atoms with E-state index in [0.717, 1.165) is 23.4 Å². The summed E-state index contributed by atoms with van der Waals surface area (Å²) in [5.41, 5.74) is 3.15. The molecule has 0 atom stereocenters. The molecule has 0 aliphatic rings. The molecule has 2 heterocycles. The lowest BCUT2D eigenvalue weighted by atomic mass is 10.1. The van der Waals surface area contributed by atoms with E-state index in [1.807, 2.05) is 12.3 Å². The molecule has 2 rings (SSSR count). The molecule has 0 aromatic carbocycles. The molecular formula is C17H25ClN2O2Si. The summed E-state index contributed by atoms with van der Waals surface area (Å²) in [6.07, 6.45) is 2.03. The summed E-state index contributed by atoms with van der Waals surface area (Å²) < 4.78 is 13.3. The van der Waals surface area contributed by atoms with E-state index in [2.05, 4.69) is 42.2 Å². The Hall–Kier alpha value is -1.30. The summed E-state index contributed by atoms with van der Waals surface area (Å²) in [6, 6.07) is 6.95. The Morgan fingerprint density at radius 1 is 1.17 bits per heavy atom. The number of ether oxygens (including phenoxy) is 2. The van der Waals surface area contributed by atoms with E-state index in [-0.39, 0.29) is 0 Å². The van der Waals surface area contributed by atoms with Crippen molar-refractivity contribution in [1.29, 1.82) is 0 Å². The third-order valence-electron chi connectivity index (χ3n) is 3.78. The quantitative estimate of drug-likeness (QED) is 0.406. The predicted octanol–water partition coefficient (Wildman–Crippen LogP) is 4.83. The average Bonchev–Trinajstić information content (AvgIpc) is 2.84. The van der Waals surface area contributed by atoms with Crippen LogP contribution < -0.4 is 4.74 Å². The number of halogens is 1. The van der Waals surface area contributed by atoms with Crippen LogP contribution in [0.1, 0.15) is 5.69 Å². The van der Waals surface area contributed by atoms with Crippen molar-refractivity contribution < 1.29 is 9.47 Å². The van der Waals surface area contributed by atoms with E-state index in [1.54, 1.807) is 13.2 Å². The normalized spacial score (nSPS) is 11.7. The van der Waals surface area contributed by atoms with Crippen LogP contribution >= 0.6 is 11.6 Å². The summed E-state index contributed by atoms with van der Waals surface area (Å²) in [6.45, 7) is 10.5. The van der Waals surface area contributed by atoms with Crippen molar-refractivity contribution in [2.75, 3.05) is 13.7 Å². The molecule has 0 spiro atoms. The summed E-state index contributed by atoms with van der Waals surface area (Å²) in [4.78, 5) is 4.23. The standard InChI is InChI=1S/C17H25ClN2O2Si/c1-13-14(15-6-7-16(18)19-17(15)21-2)8-9-20(13)12-22-10-11-23(3,4)5/h6-9H,10-12H2,1-5H3. The second-order valence-corrected chi connectivity index (χ2v) is 12.8. The first-order valence-electron chi connectivity index (χ1n) is 7.76. The van der Waals surface area contributed by atoms with Crippen molar-refractivity contribution in [3.05, 3.63) is 35.2 Å². The van der Waals surface area contributed by atoms with E-state index < -0.39 is 8.07 Å². The summed E-state index contributed by atoms with van der Waals surface area (Å²) in [5.74, 6) is 0.540. The van der Waals surface area contributed by atoms with Crippen molar-refractivity contribution in [2.45, 2.75) is 39.3 Å². The van der Waals surface area contributed by atoms with Crippen LogP contribution in [0.4, 0.5) is 0 Å². The molecule has 0 unspecified atom stereocenters. The summed E-state index contributed by atoms with van der Waals surface area (Å²) >= 11 is 5.94. The lowest BCUT2D eigenvalue weighted by Crippen LogP contribution is -2.22. The van der Waals surface area contributed by atoms with Gasteiger partial charge in [0, 0.05) is 37.7 Å². The Kier molecular flexibility index (Phi) is 5.89. The lowest BCUT2D eigenvalue weighted by molar-refractivity contribution is 0.0862. The Bertz CT molecular complexity index is 665. The van der Waals surface area contributed by atoms with E-state index in [0.29, 0.717) is 17.8 Å². The molecule has 2 aromatic rings. The second-order valence-electron chi connectivity index (χ2n) is 6.82. The zero-order valence-corrected chi connectivity index (χ0v) is 16.3. The van der Waals surface area contributed by atoms with Gasteiger partial charge in [-0.2, -0.15) is 0 Å². The third-order valence-corrected chi connectivity index (χ3v) is 5.69. The van der Waals surface area contributed by atoms with Gasteiger partial charge in [-0.25, -0.2) is 4.98 Å². The molecule has 126 valence electrons. The van der Waals surface area contributed by atoms with E-state index >= 15 is 0 Å². The van der Waals surface area contributed by atoms with Gasteiger partial charge in [0.15, 0.2) is 0 Å². The van der Waals surface area contributed by atoms with Gasteiger partial charge in [-0.15, -0.1) is 0 Å². The molecule has 0 aliphatic carbocycles. The van der Waals surface area contributed by atoms with Crippen LogP contribution in [0, 0.1) is 6.92 Å². The fourth-order valence-electron chi connectivity index (χ4n) is 2.30. The molecule has 0 radical (unpaired) electrons. The third kappa shape index (κ3) is 4.83. The Balaban J connectivity index is 2.10. The molecule has 0 aliphatic heterocycles. The van der Waals surface area contributed by atoms with Gasteiger partial charge in [-0.1, -0.05) is 31.2 Å². The molecule has 23 heavy (non-hydrogen) atoms. The zero-order valence-electron chi connectivity index (χ0n) is 14.5. The highest BCUT2D eigenvalue weighted by molar-refractivity contribution is 6.76. The molecule has 0 saturated heterocycles. The van der Waals surface area contributed by atoms with Crippen LogP contribution in [0.15, 0.2) is 24.4 Å². The number of hydrogen-bond acceptors (Lipinski definition) is 3. The highest BCUT2D eigenvalue weighted by Gasteiger charge is 2.14. The van der Waals surface area contributed by atoms with Crippen molar-refractivity contribution in [2.24, 2.45) is 0 Å². The maximum absolute atomic E-state index is 5.94. The summed E-state index contributed by atoms with van der Waals surface area (Å²) in [5, 5.41) is 0.428. The Morgan fingerprint density at radius 3 is 2.57 bits per heavy atom. The monoisotopic (exact) mass is 352 g/mol. The van der Waals surface area contributed by atoms with E-state index in [9.17, 15) is 0 Å². The van der Waals surface area contributed by atoms with Crippen LogP contribution in [-0.4, -0.2) is 31.3 Å². The number of nitrogens with zero attached hydrogens (tertiary/aromatic N) is 2. The largest absolute Gasteiger partial charge is 0.481 e. The molecule has 4 nitrogen and oxygen atoms in total. The van der Waals surface area contributed by atoms with Gasteiger partial charge in [0.25, 0.3) is 0 Å². The molecule has 0 amide bonds. The minimum absolute atomic E-state index is 0.428. The SMILES string of the molecule is COc1nc(Cl)ccc1-c1ccn(COCC[Si](C)(C)C)c1C. The van der Waals surface area contributed by atoms with Gasteiger partial charge >= 0.3 is 0 Å². The average molecular weight is 353 g/mol. The number of pyridine rings is 1. The number of hydrogen-bond donors (Lipinski definition) is 0. The van der Waals surface area contributed by atoms with Crippen LogP contribution in [0.25, 0.3) is 11.1 Å². The fraction of sp³-hybridized carbons (Fsp3) is 0.471. The topological polar surface area (TPSA) is 36.3 Å². The molecule has 2 aromatic heterocycles.